The quantitative estimate of drug-likeness (QED) is 0.629. The Kier molecular flexibility index (Phi) is 4.14. The van der Waals surface area contributed by atoms with E-state index in [-0.39, 0.29) is 17.4 Å². The Hall–Kier alpha value is -1.50. The van der Waals surface area contributed by atoms with Gasteiger partial charge in [-0.25, -0.2) is 0 Å². The van der Waals surface area contributed by atoms with Gasteiger partial charge in [0, 0.05) is 25.2 Å². The third-order valence-corrected chi connectivity index (χ3v) is 4.02. The first-order valence-electron chi connectivity index (χ1n) is 6.04. The summed E-state index contributed by atoms with van der Waals surface area (Å²) in [5.74, 6) is 0.277. The van der Waals surface area contributed by atoms with Gasteiger partial charge in [-0.1, -0.05) is 0 Å². The number of hydrogen-bond donors (Lipinski definition) is 0. The summed E-state index contributed by atoms with van der Waals surface area (Å²) in [6.07, 6.45) is 4.29. The van der Waals surface area contributed by atoms with E-state index < -0.39 is 4.92 Å². The lowest BCUT2D eigenvalue weighted by atomic mass is 9.93. The summed E-state index contributed by atoms with van der Waals surface area (Å²) >= 11 is 3.32. The van der Waals surface area contributed by atoms with Crippen LogP contribution in [0.5, 0.6) is 0 Å². The lowest BCUT2D eigenvalue weighted by molar-refractivity contribution is -0.384. The zero-order chi connectivity index (χ0) is 14.0. The highest BCUT2D eigenvalue weighted by molar-refractivity contribution is 9.10. The van der Waals surface area contributed by atoms with Crippen LogP contribution in [0, 0.1) is 16.0 Å². The van der Waals surface area contributed by atoms with Gasteiger partial charge in [0.2, 0.25) is 0 Å². The first-order valence-corrected chi connectivity index (χ1v) is 6.83. The van der Waals surface area contributed by atoms with E-state index in [2.05, 4.69) is 20.9 Å². The predicted molar refractivity (Wildman–Crippen MR) is 74.2 cm³/mol. The number of ketones is 1. The Morgan fingerprint density at radius 1 is 1.47 bits per heavy atom. The molecule has 0 amide bonds. The summed E-state index contributed by atoms with van der Waals surface area (Å²) in [6.45, 7) is 2.90. The largest absolute Gasteiger partial charge is 0.365 e. The smallest absolute Gasteiger partial charge is 0.311 e. The number of carbonyl (C=O) groups excluding carboxylic acids is 1. The van der Waals surface area contributed by atoms with Gasteiger partial charge < -0.3 is 4.90 Å². The van der Waals surface area contributed by atoms with Crippen molar-refractivity contribution in [2.75, 3.05) is 18.0 Å². The molecule has 1 aromatic heterocycles. The van der Waals surface area contributed by atoms with Gasteiger partial charge in [0.15, 0.2) is 0 Å². The molecule has 0 bridgehead atoms. The monoisotopic (exact) mass is 327 g/mol. The SMILES string of the molecule is CC(=O)C1CCN(c2c(Br)cncc2[N+](=O)[O-])CC1. The fourth-order valence-corrected chi connectivity index (χ4v) is 2.95. The minimum atomic E-state index is -0.426. The molecule has 0 aliphatic carbocycles. The molecule has 0 aromatic carbocycles. The molecule has 102 valence electrons. The third kappa shape index (κ3) is 2.91. The Morgan fingerprint density at radius 2 is 2.11 bits per heavy atom. The molecule has 0 saturated carbocycles. The fraction of sp³-hybridized carbons (Fsp3) is 0.500. The number of Topliss-reactive ketones (excluding diaryl/α,β-unsaturated/α-hetero) is 1. The minimum Gasteiger partial charge on any atom is -0.365 e. The van der Waals surface area contributed by atoms with Crippen LogP contribution in [0.25, 0.3) is 0 Å². The molecule has 1 saturated heterocycles. The van der Waals surface area contributed by atoms with E-state index >= 15 is 0 Å². The zero-order valence-electron chi connectivity index (χ0n) is 10.5. The molecule has 19 heavy (non-hydrogen) atoms. The van der Waals surface area contributed by atoms with Crippen molar-refractivity contribution in [3.05, 3.63) is 27.0 Å². The summed E-state index contributed by atoms with van der Waals surface area (Å²) in [4.78, 5) is 27.7. The van der Waals surface area contributed by atoms with Crippen LogP contribution < -0.4 is 4.90 Å². The molecular weight excluding hydrogens is 314 g/mol. The number of nitrogens with zero attached hydrogens (tertiary/aromatic N) is 3. The lowest BCUT2D eigenvalue weighted by Crippen LogP contribution is -2.36. The number of rotatable bonds is 3. The molecule has 2 rings (SSSR count). The number of nitro groups is 1. The molecule has 0 N–H and O–H groups in total. The summed E-state index contributed by atoms with van der Waals surface area (Å²) in [7, 11) is 0. The molecule has 0 radical (unpaired) electrons. The fourth-order valence-electron chi connectivity index (χ4n) is 2.37. The number of pyridine rings is 1. The first kappa shape index (κ1) is 13.9. The Morgan fingerprint density at radius 3 is 2.63 bits per heavy atom. The molecule has 6 nitrogen and oxygen atoms in total. The van der Waals surface area contributed by atoms with Crippen LogP contribution in [0.3, 0.4) is 0 Å². The molecule has 0 unspecified atom stereocenters. The van der Waals surface area contributed by atoms with E-state index in [4.69, 9.17) is 0 Å². The van der Waals surface area contributed by atoms with Gasteiger partial charge in [0.05, 0.1) is 9.40 Å². The number of halogens is 1. The van der Waals surface area contributed by atoms with Crippen LogP contribution >= 0.6 is 15.9 Å². The van der Waals surface area contributed by atoms with Gasteiger partial charge >= 0.3 is 5.69 Å². The van der Waals surface area contributed by atoms with Crippen LogP contribution in [0.2, 0.25) is 0 Å². The van der Waals surface area contributed by atoms with E-state index in [1.807, 2.05) is 4.90 Å². The van der Waals surface area contributed by atoms with Crippen molar-refractivity contribution >= 4 is 33.1 Å². The van der Waals surface area contributed by atoms with Crippen LogP contribution in [0.15, 0.2) is 16.9 Å². The van der Waals surface area contributed by atoms with Crippen molar-refractivity contribution < 1.29 is 9.72 Å². The Balaban J connectivity index is 2.24. The summed E-state index contributed by atoms with van der Waals surface area (Å²) in [5, 5.41) is 11.1. The summed E-state index contributed by atoms with van der Waals surface area (Å²) in [6, 6.07) is 0. The predicted octanol–water partition coefficient (Wildman–Crippen LogP) is 2.56. The van der Waals surface area contributed by atoms with Crippen LogP contribution in [0.4, 0.5) is 11.4 Å². The average Bonchev–Trinajstić information content (AvgIpc) is 2.38. The number of piperidine rings is 1. The molecule has 1 fully saturated rings. The summed E-state index contributed by atoms with van der Waals surface area (Å²) < 4.78 is 0.614. The molecule has 0 spiro atoms. The molecule has 2 heterocycles. The van der Waals surface area contributed by atoms with Crippen LogP contribution in [-0.4, -0.2) is 28.8 Å². The molecule has 0 atom stereocenters. The minimum absolute atomic E-state index is 0.00403. The second kappa shape index (κ2) is 5.64. The van der Waals surface area contributed by atoms with E-state index in [0.29, 0.717) is 23.2 Å². The number of carbonyl (C=O) groups is 1. The normalized spacial score (nSPS) is 16.4. The average molecular weight is 328 g/mol. The van der Waals surface area contributed by atoms with Gasteiger partial charge in [-0.2, -0.15) is 0 Å². The molecule has 7 heteroatoms. The van der Waals surface area contributed by atoms with Gasteiger partial charge in [-0.3, -0.25) is 19.9 Å². The standard InChI is InChI=1S/C12H14BrN3O3/c1-8(17)9-2-4-15(5-3-9)12-10(13)6-14-7-11(12)16(18)19/h6-7,9H,2-5H2,1H3. The topological polar surface area (TPSA) is 76.3 Å². The second-order valence-electron chi connectivity index (χ2n) is 4.62. The van der Waals surface area contributed by atoms with Gasteiger partial charge in [0.1, 0.15) is 17.7 Å². The highest BCUT2D eigenvalue weighted by Gasteiger charge is 2.28. The summed E-state index contributed by atoms with van der Waals surface area (Å²) in [5.41, 5.74) is 0.553. The van der Waals surface area contributed by atoms with Gasteiger partial charge in [0.25, 0.3) is 0 Å². The molecular formula is C12H14BrN3O3. The third-order valence-electron chi connectivity index (χ3n) is 3.44. The van der Waals surface area contributed by atoms with Gasteiger partial charge in [-0.15, -0.1) is 0 Å². The number of anilines is 1. The molecule has 1 aromatic rings. The first-order chi connectivity index (χ1) is 9.00. The Labute approximate surface area is 119 Å². The maximum atomic E-state index is 11.3. The van der Waals surface area contributed by atoms with Gasteiger partial charge in [-0.05, 0) is 35.7 Å². The van der Waals surface area contributed by atoms with Crippen molar-refractivity contribution in [2.24, 2.45) is 5.92 Å². The van der Waals surface area contributed by atoms with Crippen molar-refractivity contribution in [2.45, 2.75) is 19.8 Å². The van der Waals surface area contributed by atoms with E-state index in [1.165, 1.54) is 6.20 Å². The highest BCUT2D eigenvalue weighted by Crippen LogP contribution is 2.36. The maximum Gasteiger partial charge on any atom is 0.311 e. The van der Waals surface area contributed by atoms with Crippen molar-refractivity contribution in [1.29, 1.82) is 0 Å². The number of aromatic nitrogens is 1. The number of hydrogen-bond acceptors (Lipinski definition) is 5. The van der Waals surface area contributed by atoms with Crippen molar-refractivity contribution in [1.82, 2.24) is 4.98 Å². The van der Waals surface area contributed by atoms with Crippen molar-refractivity contribution in [3.8, 4) is 0 Å². The Bertz CT molecular complexity index is 513. The maximum absolute atomic E-state index is 11.3. The lowest BCUT2D eigenvalue weighted by Gasteiger charge is -2.32. The van der Waals surface area contributed by atoms with Crippen molar-refractivity contribution in [3.63, 3.8) is 0 Å². The highest BCUT2D eigenvalue weighted by atomic mass is 79.9. The molecule has 1 aliphatic rings. The van der Waals surface area contributed by atoms with E-state index in [1.54, 1.807) is 13.1 Å². The van der Waals surface area contributed by atoms with E-state index in [9.17, 15) is 14.9 Å². The zero-order valence-corrected chi connectivity index (χ0v) is 12.1. The second-order valence-corrected chi connectivity index (χ2v) is 5.47. The van der Waals surface area contributed by atoms with Crippen LogP contribution in [-0.2, 0) is 4.79 Å². The molecule has 1 aliphatic heterocycles. The van der Waals surface area contributed by atoms with E-state index in [0.717, 1.165) is 12.8 Å². The van der Waals surface area contributed by atoms with Crippen LogP contribution in [0.1, 0.15) is 19.8 Å².